The maximum Gasteiger partial charge on any atom is 0.223 e. The van der Waals surface area contributed by atoms with E-state index >= 15 is 0 Å². The summed E-state index contributed by atoms with van der Waals surface area (Å²) < 4.78 is 5.34. The summed E-state index contributed by atoms with van der Waals surface area (Å²) in [5, 5.41) is 10.8. The second kappa shape index (κ2) is 7.38. The normalized spacial score (nSPS) is 25.7. The molecule has 0 radical (unpaired) electrons. The highest BCUT2D eigenvalue weighted by atomic mass is 16.5. The topological polar surface area (TPSA) is 65.9 Å². The van der Waals surface area contributed by atoms with Crippen molar-refractivity contribution in [3.05, 3.63) is 30.1 Å². The molecule has 23 heavy (non-hydrogen) atoms. The summed E-state index contributed by atoms with van der Waals surface area (Å²) >= 11 is 0. The minimum Gasteiger partial charge on any atom is -0.387 e. The molecule has 2 saturated heterocycles. The Morgan fingerprint density at radius 1 is 1.35 bits per heavy atom. The van der Waals surface area contributed by atoms with Gasteiger partial charge in [0.15, 0.2) is 0 Å². The molecular weight excluding hydrogens is 294 g/mol. The fourth-order valence-corrected chi connectivity index (χ4v) is 3.33. The minimum atomic E-state index is -0.776. The van der Waals surface area contributed by atoms with Gasteiger partial charge in [-0.05, 0) is 24.5 Å². The SMILES string of the molecule is O=C(CCc1cccnc1)N1CC[C@@](O)(CN2CCOCC2)C1. The highest BCUT2D eigenvalue weighted by molar-refractivity contribution is 5.76. The number of ether oxygens (including phenoxy) is 1. The summed E-state index contributed by atoms with van der Waals surface area (Å²) in [6, 6.07) is 3.87. The summed E-state index contributed by atoms with van der Waals surface area (Å²) in [7, 11) is 0. The molecule has 1 aromatic rings. The molecule has 1 N–H and O–H groups in total. The number of amides is 1. The lowest BCUT2D eigenvalue weighted by molar-refractivity contribution is -0.131. The van der Waals surface area contributed by atoms with Gasteiger partial charge in [0.2, 0.25) is 5.91 Å². The van der Waals surface area contributed by atoms with Gasteiger partial charge in [-0.1, -0.05) is 6.07 Å². The van der Waals surface area contributed by atoms with Crippen LogP contribution in [0.15, 0.2) is 24.5 Å². The van der Waals surface area contributed by atoms with Gasteiger partial charge in [0, 0.05) is 45.0 Å². The van der Waals surface area contributed by atoms with Gasteiger partial charge in [-0.25, -0.2) is 0 Å². The van der Waals surface area contributed by atoms with Crippen LogP contribution in [0.2, 0.25) is 0 Å². The third-order valence-corrected chi connectivity index (χ3v) is 4.66. The third-order valence-electron chi connectivity index (χ3n) is 4.66. The maximum atomic E-state index is 12.4. The van der Waals surface area contributed by atoms with Crippen LogP contribution in [0.3, 0.4) is 0 Å². The molecule has 0 unspecified atom stereocenters. The first-order chi connectivity index (χ1) is 11.1. The highest BCUT2D eigenvalue weighted by Gasteiger charge is 2.39. The van der Waals surface area contributed by atoms with Crippen molar-refractivity contribution in [3.8, 4) is 0 Å². The van der Waals surface area contributed by atoms with E-state index in [0.717, 1.165) is 31.9 Å². The fourth-order valence-electron chi connectivity index (χ4n) is 3.33. The van der Waals surface area contributed by atoms with Gasteiger partial charge in [0.05, 0.1) is 25.4 Å². The van der Waals surface area contributed by atoms with Crippen molar-refractivity contribution in [1.29, 1.82) is 0 Å². The summed E-state index contributed by atoms with van der Waals surface area (Å²) in [5.74, 6) is 0.117. The van der Waals surface area contributed by atoms with Crippen LogP contribution < -0.4 is 0 Å². The van der Waals surface area contributed by atoms with Crippen LogP contribution in [0.5, 0.6) is 0 Å². The Morgan fingerprint density at radius 3 is 2.91 bits per heavy atom. The zero-order valence-corrected chi connectivity index (χ0v) is 13.5. The molecule has 0 bridgehead atoms. The van der Waals surface area contributed by atoms with Crippen molar-refractivity contribution in [2.45, 2.75) is 24.9 Å². The van der Waals surface area contributed by atoms with E-state index in [0.29, 0.717) is 38.9 Å². The van der Waals surface area contributed by atoms with Crippen molar-refractivity contribution >= 4 is 5.91 Å². The Balaban J connectivity index is 1.47. The van der Waals surface area contributed by atoms with Crippen molar-refractivity contribution in [2.75, 3.05) is 45.9 Å². The summed E-state index contributed by atoms with van der Waals surface area (Å²) in [6.45, 7) is 4.88. The summed E-state index contributed by atoms with van der Waals surface area (Å²) in [6.07, 6.45) is 5.36. The van der Waals surface area contributed by atoms with Crippen LogP contribution in [0, 0.1) is 0 Å². The lowest BCUT2D eigenvalue weighted by Crippen LogP contribution is -2.49. The zero-order chi connectivity index (χ0) is 16.1. The second-order valence-electron chi connectivity index (χ2n) is 6.54. The molecule has 0 aliphatic carbocycles. The molecule has 0 spiro atoms. The maximum absolute atomic E-state index is 12.4. The van der Waals surface area contributed by atoms with E-state index in [1.807, 2.05) is 12.1 Å². The van der Waals surface area contributed by atoms with Gasteiger partial charge in [-0.3, -0.25) is 14.7 Å². The number of aryl methyl sites for hydroxylation is 1. The van der Waals surface area contributed by atoms with Crippen LogP contribution in [-0.4, -0.2) is 77.3 Å². The molecule has 0 saturated carbocycles. The van der Waals surface area contributed by atoms with Crippen LogP contribution in [0.4, 0.5) is 0 Å². The average Bonchev–Trinajstić information content (AvgIpc) is 2.96. The number of rotatable bonds is 5. The number of hydrogen-bond donors (Lipinski definition) is 1. The van der Waals surface area contributed by atoms with Gasteiger partial charge < -0.3 is 14.7 Å². The molecule has 6 heteroatoms. The van der Waals surface area contributed by atoms with Gasteiger partial charge in [-0.2, -0.15) is 0 Å². The number of aromatic nitrogens is 1. The van der Waals surface area contributed by atoms with E-state index in [9.17, 15) is 9.90 Å². The Bertz CT molecular complexity index is 519. The second-order valence-corrected chi connectivity index (χ2v) is 6.54. The molecule has 3 heterocycles. The molecule has 126 valence electrons. The molecule has 1 aromatic heterocycles. The molecule has 2 aliphatic rings. The van der Waals surface area contributed by atoms with Gasteiger partial charge in [0.1, 0.15) is 0 Å². The average molecular weight is 319 g/mol. The van der Waals surface area contributed by atoms with Crippen molar-refractivity contribution in [1.82, 2.24) is 14.8 Å². The first kappa shape index (κ1) is 16.4. The van der Waals surface area contributed by atoms with Crippen molar-refractivity contribution in [2.24, 2.45) is 0 Å². The van der Waals surface area contributed by atoms with Crippen LogP contribution in [0.1, 0.15) is 18.4 Å². The van der Waals surface area contributed by atoms with Crippen molar-refractivity contribution < 1.29 is 14.6 Å². The monoisotopic (exact) mass is 319 g/mol. The number of nitrogens with zero attached hydrogens (tertiary/aromatic N) is 3. The van der Waals surface area contributed by atoms with Crippen LogP contribution in [-0.2, 0) is 16.0 Å². The lowest BCUT2D eigenvalue weighted by Gasteiger charge is -2.33. The lowest BCUT2D eigenvalue weighted by atomic mass is 10.0. The Kier molecular flexibility index (Phi) is 5.25. The first-order valence-corrected chi connectivity index (χ1v) is 8.34. The van der Waals surface area contributed by atoms with E-state index in [1.165, 1.54) is 0 Å². The minimum absolute atomic E-state index is 0.117. The molecule has 0 aromatic carbocycles. The molecular formula is C17H25N3O3. The molecule has 2 fully saturated rings. The first-order valence-electron chi connectivity index (χ1n) is 8.34. The quantitative estimate of drug-likeness (QED) is 0.846. The van der Waals surface area contributed by atoms with E-state index in [1.54, 1.807) is 17.3 Å². The number of carbonyl (C=O) groups excluding carboxylic acids is 1. The highest BCUT2D eigenvalue weighted by Crippen LogP contribution is 2.23. The Hall–Kier alpha value is -1.50. The number of carbonyl (C=O) groups is 1. The number of morpholine rings is 1. The van der Waals surface area contributed by atoms with Gasteiger partial charge in [0.25, 0.3) is 0 Å². The molecule has 2 aliphatic heterocycles. The smallest absolute Gasteiger partial charge is 0.223 e. The Morgan fingerprint density at radius 2 is 2.17 bits per heavy atom. The number of pyridine rings is 1. The third kappa shape index (κ3) is 4.50. The number of β-amino-alcohol motifs (C(OH)–C–C–N with tert-alkyl or cyclic N) is 1. The fraction of sp³-hybridized carbons (Fsp3) is 0.647. The summed E-state index contributed by atoms with van der Waals surface area (Å²) in [4.78, 5) is 20.5. The summed E-state index contributed by atoms with van der Waals surface area (Å²) in [5.41, 5.74) is 0.296. The molecule has 6 nitrogen and oxygen atoms in total. The predicted molar refractivity (Wildman–Crippen MR) is 86.0 cm³/mol. The molecule has 3 rings (SSSR count). The number of hydrogen-bond acceptors (Lipinski definition) is 5. The Labute approximate surface area is 137 Å². The van der Waals surface area contributed by atoms with Gasteiger partial charge in [-0.15, -0.1) is 0 Å². The van der Waals surface area contributed by atoms with E-state index in [2.05, 4.69) is 9.88 Å². The largest absolute Gasteiger partial charge is 0.387 e. The van der Waals surface area contributed by atoms with E-state index in [-0.39, 0.29) is 5.91 Å². The van der Waals surface area contributed by atoms with Crippen molar-refractivity contribution in [3.63, 3.8) is 0 Å². The van der Waals surface area contributed by atoms with E-state index < -0.39 is 5.60 Å². The number of aliphatic hydroxyl groups is 1. The number of likely N-dealkylation sites (tertiary alicyclic amines) is 1. The predicted octanol–water partition coefficient (Wildman–Crippen LogP) is 0.310. The molecule has 1 amide bonds. The standard InChI is InChI=1S/C17H25N3O3/c21-16(4-3-15-2-1-6-18-12-15)20-7-5-17(22,14-20)13-19-8-10-23-11-9-19/h1-2,6,12,22H,3-5,7-11,13-14H2/t17-/m1/s1. The van der Waals surface area contributed by atoms with Gasteiger partial charge >= 0.3 is 0 Å². The van der Waals surface area contributed by atoms with E-state index in [4.69, 9.17) is 4.74 Å². The molecule has 1 atom stereocenters. The van der Waals surface area contributed by atoms with Crippen LogP contribution in [0.25, 0.3) is 0 Å². The zero-order valence-electron chi connectivity index (χ0n) is 13.5. The van der Waals surface area contributed by atoms with Crippen LogP contribution >= 0.6 is 0 Å².